The van der Waals surface area contributed by atoms with Gasteiger partial charge in [0, 0.05) is 12.1 Å². The van der Waals surface area contributed by atoms with Crippen LogP contribution >= 0.6 is 0 Å². The van der Waals surface area contributed by atoms with E-state index >= 15 is 0 Å². The van der Waals surface area contributed by atoms with Crippen molar-refractivity contribution in [1.82, 2.24) is 5.32 Å². The number of ether oxygens (including phenoxy) is 2. The van der Waals surface area contributed by atoms with Crippen LogP contribution in [0.15, 0.2) is 18.2 Å². The van der Waals surface area contributed by atoms with Crippen molar-refractivity contribution in [3.05, 3.63) is 23.8 Å². The van der Waals surface area contributed by atoms with E-state index in [1.54, 1.807) is 7.11 Å². The van der Waals surface area contributed by atoms with Crippen LogP contribution in [0.2, 0.25) is 0 Å². The van der Waals surface area contributed by atoms with E-state index in [-0.39, 0.29) is 6.10 Å². The van der Waals surface area contributed by atoms with E-state index in [0.29, 0.717) is 0 Å². The third-order valence-corrected chi connectivity index (χ3v) is 3.62. The third kappa shape index (κ3) is 4.13. The number of para-hydroxylation sites is 1. The predicted octanol–water partition coefficient (Wildman–Crippen LogP) is 3.37. The summed E-state index contributed by atoms with van der Waals surface area (Å²) in [5.74, 6) is 2.61. The van der Waals surface area contributed by atoms with Crippen molar-refractivity contribution in [2.45, 2.75) is 45.8 Å². The summed E-state index contributed by atoms with van der Waals surface area (Å²) in [6, 6.07) is 6.10. The lowest BCUT2D eigenvalue weighted by molar-refractivity contribution is 0.205. The number of methoxy groups -OCH3 is 1. The molecule has 0 aromatic heterocycles. The maximum Gasteiger partial charge on any atom is 0.166 e. The van der Waals surface area contributed by atoms with E-state index in [1.165, 1.54) is 18.4 Å². The van der Waals surface area contributed by atoms with Gasteiger partial charge in [-0.05, 0) is 44.7 Å². The molecule has 1 saturated carbocycles. The first kappa shape index (κ1) is 14.2. The first-order chi connectivity index (χ1) is 9.24. The van der Waals surface area contributed by atoms with Crippen LogP contribution in [0.4, 0.5) is 0 Å². The van der Waals surface area contributed by atoms with Gasteiger partial charge in [0.25, 0.3) is 0 Å². The minimum absolute atomic E-state index is 0.207. The maximum atomic E-state index is 6.02. The van der Waals surface area contributed by atoms with E-state index in [9.17, 15) is 0 Å². The Morgan fingerprint density at radius 3 is 2.79 bits per heavy atom. The molecule has 1 fully saturated rings. The largest absolute Gasteiger partial charge is 0.493 e. The van der Waals surface area contributed by atoms with Crippen LogP contribution in [0.5, 0.6) is 11.5 Å². The van der Waals surface area contributed by atoms with Gasteiger partial charge < -0.3 is 14.8 Å². The highest BCUT2D eigenvalue weighted by Gasteiger charge is 2.20. The molecular weight excluding hydrogens is 238 g/mol. The quantitative estimate of drug-likeness (QED) is 0.780. The van der Waals surface area contributed by atoms with Gasteiger partial charge in [0.1, 0.15) is 0 Å². The molecule has 1 unspecified atom stereocenters. The van der Waals surface area contributed by atoms with Crippen LogP contribution in [-0.4, -0.2) is 19.8 Å². The van der Waals surface area contributed by atoms with Crippen LogP contribution in [0.1, 0.15) is 38.7 Å². The molecule has 0 amide bonds. The van der Waals surface area contributed by atoms with Crippen LogP contribution in [0.25, 0.3) is 0 Å². The SMILES string of the molecule is CCC(C)Oc1c(CNCC2CC2)cccc1OC. The molecule has 106 valence electrons. The molecule has 19 heavy (non-hydrogen) atoms. The third-order valence-electron chi connectivity index (χ3n) is 3.62. The Morgan fingerprint density at radius 2 is 2.16 bits per heavy atom. The van der Waals surface area contributed by atoms with Crippen molar-refractivity contribution >= 4 is 0 Å². The summed E-state index contributed by atoms with van der Waals surface area (Å²) in [6.07, 6.45) is 3.95. The van der Waals surface area contributed by atoms with Gasteiger partial charge in [0.05, 0.1) is 13.2 Å². The van der Waals surface area contributed by atoms with Crippen molar-refractivity contribution in [3.63, 3.8) is 0 Å². The monoisotopic (exact) mass is 263 g/mol. The summed E-state index contributed by atoms with van der Waals surface area (Å²) in [6.45, 7) is 6.18. The van der Waals surface area contributed by atoms with Gasteiger partial charge >= 0.3 is 0 Å². The van der Waals surface area contributed by atoms with E-state index in [1.807, 2.05) is 12.1 Å². The van der Waals surface area contributed by atoms with Crippen LogP contribution < -0.4 is 14.8 Å². The molecule has 0 saturated heterocycles. The highest BCUT2D eigenvalue weighted by atomic mass is 16.5. The van der Waals surface area contributed by atoms with Gasteiger partial charge in [-0.3, -0.25) is 0 Å². The predicted molar refractivity (Wildman–Crippen MR) is 77.8 cm³/mol. The van der Waals surface area contributed by atoms with Gasteiger partial charge in [0.15, 0.2) is 11.5 Å². The van der Waals surface area contributed by atoms with E-state index in [0.717, 1.165) is 36.9 Å². The number of rotatable bonds is 8. The molecular formula is C16H25NO2. The number of hydrogen-bond donors (Lipinski definition) is 1. The molecule has 0 aliphatic heterocycles. The van der Waals surface area contributed by atoms with Crippen LogP contribution in [-0.2, 0) is 6.54 Å². The Hall–Kier alpha value is -1.22. The molecule has 0 spiro atoms. The van der Waals surface area contributed by atoms with Crippen molar-refractivity contribution in [2.75, 3.05) is 13.7 Å². The Labute approximate surface area is 116 Å². The average Bonchev–Trinajstić information content (AvgIpc) is 3.24. The molecule has 0 bridgehead atoms. The molecule has 1 aromatic carbocycles. The van der Waals surface area contributed by atoms with Gasteiger partial charge in [-0.15, -0.1) is 0 Å². The molecule has 1 atom stereocenters. The molecule has 1 aliphatic rings. The lowest BCUT2D eigenvalue weighted by atomic mass is 10.1. The van der Waals surface area contributed by atoms with Crippen molar-refractivity contribution in [1.29, 1.82) is 0 Å². The zero-order valence-electron chi connectivity index (χ0n) is 12.2. The second-order valence-corrected chi connectivity index (χ2v) is 5.36. The van der Waals surface area contributed by atoms with E-state index < -0.39 is 0 Å². The molecule has 3 nitrogen and oxygen atoms in total. The van der Waals surface area contributed by atoms with Gasteiger partial charge in [-0.1, -0.05) is 19.1 Å². The number of benzene rings is 1. The highest BCUT2D eigenvalue weighted by Crippen LogP contribution is 2.33. The van der Waals surface area contributed by atoms with Crippen molar-refractivity contribution in [2.24, 2.45) is 5.92 Å². The highest BCUT2D eigenvalue weighted by molar-refractivity contribution is 5.46. The van der Waals surface area contributed by atoms with Crippen molar-refractivity contribution in [3.8, 4) is 11.5 Å². The lowest BCUT2D eigenvalue weighted by Crippen LogP contribution is -2.18. The molecule has 3 heteroatoms. The fraction of sp³-hybridized carbons (Fsp3) is 0.625. The van der Waals surface area contributed by atoms with Gasteiger partial charge in [-0.25, -0.2) is 0 Å². The molecule has 2 rings (SSSR count). The van der Waals surface area contributed by atoms with Gasteiger partial charge in [0.2, 0.25) is 0 Å². The minimum atomic E-state index is 0.207. The zero-order valence-corrected chi connectivity index (χ0v) is 12.2. The zero-order chi connectivity index (χ0) is 13.7. The molecule has 0 heterocycles. The smallest absolute Gasteiger partial charge is 0.166 e. The van der Waals surface area contributed by atoms with E-state index in [2.05, 4.69) is 25.2 Å². The van der Waals surface area contributed by atoms with Gasteiger partial charge in [-0.2, -0.15) is 0 Å². The Morgan fingerprint density at radius 1 is 1.37 bits per heavy atom. The number of hydrogen-bond acceptors (Lipinski definition) is 3. The second-order valence-electron chi connectivity index (χ2n) is 5.36. The number of nitrogens with one attached hydrogen (secondary N) is 1. The molecule has 1 N–H and O–H groups in total. The summed E-state index contributed by atoms with van der Waals surface area (Å²) in [5.41, 5.74) is 1.18. The summed E-state index contributed by atoms with van der Waals surface area (Å²) in [5, 5.41) is 3.51. The minimum Gasteiger partial charge on any atom is -0.493 e. The molecule has 0 radical (unpaired) electrons. The molecule has 1 aliphatic carbocycles. The summed E-state index contributed by atoms with van der Waals surface area (Å²) in [7, 11) is 1.69. The summed E-state index contributed by atoms with van der Waals surface area (Å²) >= 11 is 0. The first-order valence-corrected chi connectivity index (χ1v) is 7.27. The van der Waals surface area contributed by atoms with Crippen molar-refractivity contribution < 1.29 is 9.47 Å². The Kier molecular flexibility index (Phi) is 5.08. The Balaban J connectivity index is 2.05. The average molecular weight is 263 g/mol. The van der Waals surface area contributed by atoms with Crippen LogP contribution in [0, 0.1) is 5.92 Å². The molecule has 1 aromatic rings. The fourth-order valence-corrected chi connectivity index (χ4v) is 2.01. The fourth-order valence-electron chi connectivity index (χ4n) is 2.01. The normalized spacial score (nSPS) is 16.2. The maximum absolute atomic E-state index is 6.02. The Bertz CT molecular complexity index is 402. The first-order valence-electron chi connectivity index (χ1n) is 7.27. The van der Waals surface area contributed by atoms with E-state index in [4.69, 9.17) is 9.47 Å². The van der Waals surface area contributed by atoms with Crippen LogP contribution in [0.3, 0.4) is 0 Å². The summed E-state index contributed by atoms with van der Waals surface area (Å²) in [4.78, 5) is 0. The lowest BCUT2D eigenvalue weighted by Gasteiger charge is -2.19. The standard InChI is InChI=1S/C16H25NO2/c1-4-12(2)19-16-14(6-5-7-15(16)18-3)11-17-10-13-8-9-13/h5-7,12-13,17H,4,8-11H2,1-3H3. The second kappa shape index (κ2) is 6.80. The summed E-state index contributed by atoms with van der Waals surface area (Å²) < 4.78 is 11.4. The topological polar surface area (TPSA) is 30.5 Å².